The van der Waals surface area contributed by atoms with E-state index in [1.54, 1.807) is 4.90 Å². The highest BCUT2D eigenvalue weighted by atomic mass is 32.1. The van der Waals surface area contributed by atoms with Crippen molar-refractivity contribution in [3.8, 4) is 11.5 Å². The first kappa shape index (κ1) is 14.8. The lowest BCUT2D eigenvalue weighted by Crippen LogP contribution is -2.36. The van der Waals surface area contributed by atoms with Gasteiger partial charge in [-0.15, -0.1) is 10.2 Å². The molecule has 24 heavy (non-hydrogen) atoms. The summed E-state index contributed by atoms with van der Waals surface area (Å²) in [7, 11) is 0. The molecule has 8 heteroatoms. The third kappa shape index (κ3) is 2.88. The van der Waals surface area contributed by atoms with Crippen LogP contribution in [0.3, 0.4) is 0 Å². The number of hydrogen-bond acceptors (Lipinski definition) is 7. The minimum absolute atomic E-state index is 0.000983. The summed E-state index contributed by atoms with van der Waals surface area (Å²) in [6, 6.07) is 9.76. The van der Waals surface area contributed by atoms with Crippen LogP contribution in [0, 0.1) is 0 Å². The summed E-state index contributed by atoms with van der Waals surface area (Å²) in [4.78, 5) is 18.8. The van der Waals surface area contributed by atoms with Crippen LogP contribution >= 0.6 is 11.3 Å². The Morgan fingerprint density at radius 1 is 1.29 bits per heavy atom. The van der Waals surface area contributed by atoms with Crippen molar-refractivity contribution in [2.75, 3.05) is 12.3 Å². The Balaban J connectivity index is 1.49. The molecule has 1 aromatic carbocycles. The lowest BCUT2D eigenvalue weighted by Gasteiger charge is -2.24. The Bertz CT molecular complexity index is 874. The number of fused-ring (bicyclic) bond motifs is 1. The van der Waals surface area contributed by atoms with Gasteiger partial charge in [-0.25, -0.2) is 4.98 Å². The van der Waals surface area contributed by atoms with Gasteiger partial charge < -0.3 is 15.1 Å². The van der Waals surface area contributed by atoms with E-state index in [9.17, 15) is 4.79 Å². The highest BCUT2D eigenvalue weighted by molar-refractivity contribution is 7.15. The maximum Gasteiger partial charge on any atom is 0.229 e. The molecule has 1 aliphatic rings. The molecule has 1 aliphatic heterocycles. The van der Waals surface area contributed by atoms with E-state index in [1.807, 2.05) is 30.3 Å². The average molecular weight is 341 g/mol. The third-order valence-electron chi connectivity index (χ3n) is 3.89. The van der Waals surface area contributed by atoms with Gasteiger partial charge in [-0.05, 0) is 12.1 Å². The van der Waals surface area contributed by atoms with Crippen molar-refractivity contribution in [2.45, 2.75) is 19.4 Å². The molecule has 0 fully saturated rings. The maximum absolute atomic E-state index is 12.4. The van der Waals surface area contributed by atoms with Gasteiger partial charge in [-0.2, -0.15) is 0 Å². The van der Waals surface area contributed by atoms with Crippen LogP contribution in [0.5, 0.6) is 0 Å². The molecule has 2 N–H and O–H groups in total. The number of anilines is 1. The molecule has 3 aromatic rings. The molecule has 0 unspecified atom stereocenters. The van der Waals surface area contributed by atoms with E-state index in [0.29, 0.717) is 35.5 Å². The second kappa shape index (κ2) is 6.04. The molecule has 0 aliphatic carbocycles. The van der Waals surface area contributed by atoms with Crippen LogP contribution in [0.4, 0.5) is 5.13 Å². The molecule has 0 radical (unpaired) electrons. The molecule has 0 saturated carbocycles. The number of rotatable bonds is 3. The second-order valence-corrected chi connectivity index (χ2v) is 6.62. The number of aromatic nitrogens is 3. The van der Waals surface area contributed by atoms with E-state index in [2.05, 4.69) is 15.2 Å². The minimum Gasteiger partial charge on any atom is -0.441 e. The molecule has 1 amide bonds. The fourth-order valence-electron chi connectivity index (χ4n) is 2.69. The van der Waals surface area contributed by atoms with Gasteiger partial charge in [-0.3, -0.25) is 4.79 Å². The normalized spacial score (nSPS) is 13.8. The molecule has 0 bridgehead atoms. The summed E-state index contributed by atoms with van der Waals surface area (Å²) in [5, 5.41) is 8.65. The molecule has 2 aromatic heterocycles. The van der Waals surface area contributed by atoms with Gasteiger partial charge in [0.1, 0.15) is 16.5 Å². The van der Waals surface area contributed by atoms with Gasteiger partial charge in [0, 0.05) is 18.5 Å². The van der Waals surface area contributed by atoms with Gasteiger partial charge in [0.2, 0.25) is 16.9 Å². The van der Waals surface area contributed by atoms with E-state index in [1.165, 1.54) is 11.3 Å². The monoisotopic (exact) mass is 341 g/mol. The summed E-state index contributed by atoms with van der Waals surface area (Å²) < 4.78 is 5.86. The SMILES string of the molecule is Nc1nnc(CC(=O)N2CCc3oc(-c4ccccc4)nc3C2)s1. The molecule has 4 rings (SSSR count). The Morgan fingerprint density at radius 2 is 2.12 bits per heavy atom. The first-order valence-corrected chi connectivity index (χ1v) is 8.40. The van der Waals surface area contributed by atoms with Crippen molar-refractivity contribution in [3.63, 3.8) is 0 Å². The number of oxazole rings is 1. The first-order valence-electron chi connectivity index (χ1n) is 7.58. The van der Waals surface area contributed by atoms with Gasteiger partial charge in [0.25, 0.3) is 0 Å². The topological polar surface area (TPSA) is 98.1 Å². The standard InChI is InChI=1S/C16H15N5O2S/c17-16-20-19-13(24-16)8-14(22)21-7-6-12-11(9-21)18-15(23-12)10-4-2-1-3-5-10/h1-5H,6-9H2,(H2,17,20). The zero-order chi connectivity index (χ0) is 16.5. The summed E-state index contributed by atoms with van der Waals surface area (Å²) in [5.41, 5.74) is 7.31. The molecular formula is C16H15N5O2S. The smallest absolute Gasteiger partial charge is 0.229 e. The molecule has 3 heterocycles. The Hall–Kier alpha value is -2.74. The van der Waals surface area contributed by atoms with E-state index >= 15 is 0 Å². The lowest BCUT2D eigenvalue weighted by molar-refractivity contribution is -0.131. The fourth-order valence-corrected chi connectivity index (χ4v) is 3.30. The quantitative estimate of drug-likeness (QED) is 0.781. The summed E-state index contributed by atoms with van der Waals surface area (Å²) in [6.45, 7) is 1.07. The van der Waals surface area contributed by atoms with Crippen molar-refractivity contribution in [1.82, 2.24) is 20.1 Å². The number of nitrogens with zero attached hydrogens (tertiary/aromatic N) is 4. The van der Waals surface area contributed by atoms with Crippen molar-refractivity contribution in [3.05, 3.63) is 46.8 Å². The van der Waals surface area contributed by atoms with E-state index < -0.39 is 0 Å². The Morgan fingerprint density at radius 3 is 2.88 bits per heavy atom. The number of benzene rings is 1. The van der Waals surface area contributed by atoms with Crippen LogP contribution in [0.2, 0.25) is 0 Å². The number of hydrogen-bond donors (Lipinski definition) is 1. The number of nitrogens with two attached hydrogens (primary N) is 1. The first-order chi connectivity index (χ1) is 11.7. The fraction of sp³-hybridized carbons (Fsp3) is 0.250. The number of carbonyl (C=O) groups is 1. The predicted molar refractivity (Wildman–Crippen MR) is 89.1 cm³/mol. The number of amides is 1. The van der Waals surface area contributed by atoms with E-state index in [0.717, 1.165) is 17.0 Å². The molecule has 122 valence electrons. The zero-order valence-corrected chi connectivity index (χ0v) is 13.6. The van der Waals surface area contributed by atoms with Crippen LogP contribution in [-0.4, -0.2) is 32.5 Å². The van der Waals surface area contributed by atoms with Crippen LogP contribution in [-0.2, 0) is 24.2 Å². The largest absolute Gasteiger partial charge is 0.441 e. The van der Waals surface area contributed by atoms with Crippen LogP contribution < -0.4 is 5.73 Å². The van der Waals surface area contributed by atoms with Gasteiger partial charge in [0.15, 0.2) is 0 Å². The summed E-state index contributed by atoms with van der Waals surface area (Å²) in [5.74, 6) is 1.46. The van der Waals surface area contributed by atoms with Crippen molar-refractivity contribution in [1.29, 1.82) is 0 Å². The minimum atomic E-state index is 0.000983. The van der Waals surface area contributed by atoms with Gasteiger partial charge >= 0.3 is 0 Å². The number of nitrogen functional groups attached to an aromatic ring is 1. The Labute approximate surface area is 142 Å². The average Bonchev–Trinajstić information content (AvgIpc) is 3.21. The van der Waals surface area contributed by atoms with Gasteiger partial charge in [0.05, 0.1) is 13.0 Å². The van der Waals surface area contributed by atoms with Crippen molar-refractivity contribution < 1.29 is 9.21 Å². The number of carbonyl (C=O) groups excluding carboxylic acids is 1. The zero-order valence-electron chi connectivity index (χ0n) is 12.8. The molecule has 0 atom stereocenters. The van der Waals surface area contributed by atoms with Crippen LogP contribution in [0.1, 0.15) is 16.5 Å². The van der Waals surface area contributed by atoms with E-state index in [4.69, 9.17) is 10.2 Å². The third-order valence-corrected chi connectivity index (χ3v) is 4.64. The molecular weight excluding hydrogens is 326 g/mol. The second-order valence-electron chi connectivity index (χ2n) is 5.53. The van der Waals surface area contributed by atoms with E-state index in [-0.39, 0.29) is 12.3 Å². The van der Waals surface area contributed by atoms with Crippen molar-refractivity contribution >= 4 is 22.4 Å². The maximum atomic E-state index is 12.4. The molecule has 7 nitrogen and oxygen atoms in total. The molecule has 0 spiro atoms. The van der Waals surface area contributed by atoms with Crippen molar-refractivity contribution in [2.24, 2.45) is 0 Å². The highest BCUT2D eigenvalue weighted by Crippen LogP contribution is 2.26. The highest BCUT2D eigenvalue weighted by Gasteiger charge is 2.26. The van der Waals surface area contributed by atoms with Crippen LogP contribution in [0.15, 0.2) is 34.7 Å². The summed E-state index contributed by atoms with van der Waals surface area (Å²) in [6.07, 6.45) is 0.882. The molecule has 0 saturated heterocycles. The van der Waals surface area contributed by atoms with Gasteiger partial charge in [-0.1, -0.05) is 29.5 Å². The van der Waals surface area contributed by atoms with Crippen LogP contribution in [0.25, 0.3) is 11.5 Å². The summed E-state index contributed by atoms with van der Waals surface area (Å²) >= 11 is 1.24. The lowest BCUT2D eigenvalue weighted by atomic mass is 10.1. The Kier molecular flexibility index (Phi) is 3.73. The predicted octanol–water partition coefficient (Wildman–Crippen LogP) is 1.90.